The summed E-state index contributed by atoms with van der Waals surface area (Å²) in [4.78, 5) is 2.46. The quantitative estimate of drug-likeness (QED) is 0.561. The molecule has 0 fully saturated rings. The lowest BCUT2D eigenvalue weighted by Gasteiger charge is -2.06. The molecule has 0 aliphatic heterocycles. The Kier molecular flexibility index (Phi) is 2.58. The molecule has 0 radical (unpaired) electrons. The number of thioether (sulfide) groups is 1. The van der Waals surface area contributed by atoms with E-state index < -0.39 is 0 Å². The molecule has 1 aromatic heterocycles. The van der Waals surface area contributed by atoms with E-state index in [-0.39, 0.29) is 0 Å². The molecule has 2 aromatic rings. The monoisotopic (exact) mass is 226 g/mol. The molecule has 2 rings (SSSR count). The SMILES string of the molecule is CSc1cc2sccc2c(S)c1C. The Hall–Kier alpha value is -0.120. The fourth-order valence-electron chi connectivity index (χ4n) is 1.39. The van der Waals surface area contributed by atoms with E-state index in [4.69, 9.17) is 0 Å². The molecule has 1 heterocycles. The number of rotatable bonds is 1. The van der Waals surface area contributed by atoms with Crippen LogP contribution in [0.15, 0.2) is 27.3 Å². The summed E-state index contributed by atoms with van der Waals surface area (Å²) in [7, 11) is 0. The van der Waals surface area contributed by atoms with Crippen LogP contribution in [0.2, 0.25) is 0 Å². The predicted molar refractivity (Wildman–Crippen MR) is 65.6 cm³/mol. The zero-order chi connectivity index (χ0) is 9.42. The maximum Gasteiger partial charge on any atom is 0.0365 e. The molecule has 0 nitrogen and oxygen atoms in total. The third kappa shape index (κ3) is 1.49. The first kappa shape index (κ1) is 9.44. The number of thiol groups is 1. The van der Waals surface area contributed by atoms with Crippen LogP contribution in [0.3, 0.4) is 0 Å². The lowest BCUT2D eigenvalue weighted by atomic mass is 10.2. The molecule has 3 heteroatoms. The van der Waals surface area contributed by atoms with Gasteiger partial charge < -0.3 is 0 Å². The molecule has 0 saturated heterocycles. The Balaban J connectivity index is 2.83. The first-order valence-corrected chi connectivity index (χ1v) is 6.53. The topological polar surface area (TPSA) is 0 Å². The van der Waals surface area contributed by atoms with Gasteiger partial charge in [0.1, 0.15) is 0 Å². The summed E-state index contributed by atoms with van der Waals surface area (Å²) in [6.07, 6.45) is 2.11. The van der Waals surface area contributed by atoms with E-state index in [1.165, 1.54) is 20.5 Å². The van der Waals surface area contributed by atoms with E-state index in [1.807, 2.05) is 0 Å². The van der Waals surface area contributed by atoms with Gasteiger partial charge in [0.25, 0.3) is 0 Å². The van der Waals surface area contributed by atoms with Crippen molar-refractivity contribution in [1.82, 2.24) is 0 Å². The summed E-state index contributed by atoms with van der Waals surface area (Å²) >= 11 is 8.11. The standard InChI is InChI=1S/C10H10S3/c1-6-8(12-2)5-9-7(10(6)11)3-4-13-9/h3-5,11H,1-2H3. The maximum absolute atomic E-state index is 4.55. The number of fused-ring (bicyclic) bond motifs is 1. The van der Waals surface area contributed by atoms with E-state index in [0.717, 1.165) is 4.90 Å². The highest BCUT2D eigenvalue weighted by Gasteiger charge is 2.06. The third-order valence-corrected chi connectivity index (χ3v) is 4.46. The minimum atomic E-state index is 1.13. The minimum Gasteiger partial charge on any atom is -0.144 e. The van der Waals surface area contributed by atoms with Crippen molar-refractivity contribution < 1.29 is 0 Å². The van der Waals surface area contributed by atoms with Crippen molar-refractivity contribution in [3.05, 3.63) is 23.1 Å². The van der Waals surface area contributed by atoms with Crippen LogP contribution in [0.1, 0.15) is 5.56 Å². The Bertz CT molecular complexity index is 443. The Morgan fingerprint density at radius 3 is 2.92 bits per heavy atom. The van der Waals surface area contributed by atoms with Gasteiger partial charge in [0.2, 0.25) is 0 Å². The van der Waals surface area contributed by atoms with Crippen LogP contribution in [0.25, 0.3) is 10.1 Å². The van der Waals surface area contributed by atoms with Gasteiger partial charge in [-0.2, -0.15) is 0 Å². The highest BCUT2D eigenvalue weighted by Crippen LogP contribution is 2.35. The summed E-state index contributed by atoms with van der Waals surface area (Å²) in [5.41, 5.74) is 1.29. The van der Waals surface area contributed by atoms with E-state index in [0.29, 0.717) is 0 Å². The first-order valence-electron chi connectivity index (χ1n) is 3.98. The lowest BCUT2D eigenvalue weighted by molar-refractivity contribution is 1.24. The van der Waals surface area contributed by atoms with Crippen LogP contribution in [0.4, 0.5) is 0 Å². The molecule has 1 aromatic carbocycles. The fraction of sp³-hybridized carbons (Fsp3) is 0.200. The van der Waals surface area contributed by atoms with Gasteiger partial charge in [-0.1, -0.05) is 0 Å². The summed E-state index contributed by atoms with van der Waals surface area (Å²) < 4.78 is 1.33. The molecule has 0 spiro atoms. The van der Waals surface area contributed by atoms with E-state index in [9.17, 15) is 0 Å². The van der Waals surface area contributed by atoms with Crippen molar-refractivity contribution in [2.75, 3.05) is 6.26 Å². The van der Waals surface area contributed by atoms with Crippen LogP contribution < -0.4 is 0 Å². The van der Waals surface area contributed by atoms with Crippen LogP contribution in [0.5, 0.6) is 0 Å². The molecule has 0 aliphatic carbocycles. The van der Waals surface area contributed by atoms with Crippen LogP contribution in [0, 0.1) is 6.92 Å². The fourth-order valence-corrected chi connectivity index (χ4v) is 3.41. The summed E-state index contributed by atoms with van der Waals surface area (Å²) in [5, 5.41) is 3.40. The molecule has 0 bridgehead atoms. The molecular weight excluding hydrogens is 216 g/mol. The van der Waals surface area contributed by atoms with Gasteiger partial charge in [-0.05, 0) is 36.3 Å². The van der Waals surface area contributed by atoms with Crippen LogP contribution in [-0.4, -0.2) is 6.26 Å². The van der Waals surface area contributed by atoms with Crippen molar-refractivity contribution in [2.45, 2.75) is 16.7 Å². The van der Waals surface area contributed by atoms with Crippen molar-refractivity contribution >= 4 is 45.8 Å². The van der Waals surface area contributed by atoms with Crippen molar-refractivity contribution in [3.63, 3.8) is 0 Å². The van der Waals surface area contributed by atoms with Crippen molar-refractivity contribution in [3.8, 4) is 0 Å². The molecule has 0 amide bonds. The van der Waals surface area contributed by atoms with E-state index in [2.05, 4.69) is 43.3 Å². The Labute approximate surface area is 91.8 Å². The lowest BCUT2D eigenvalue weighted by Crippen LogP contribution is -1.81. The smallest absolute Gasteiger partial charge is 0.0365 e. The number of hydrogen-bond acceptors (Lipinski definition) is 3. The highest BCUT2D eigenvalue weighted by atomic mass is 32.2. The van der Waals surface area contributed by atoms with Gasteiger partial charge in [0.15, 0.2) is 0 Å². The molecule has 68 valence electrons. The summed E-state index contributed by atoms with van der Waals surface area (Å²) in [5.74, 6) is 0. The minimum absolute atomic E-state index is 1.13. The predicted octanol–water partition coefficient (Wildman–Crippen LogP) is 4.22. The molecule has 0 saturated carbocycles. The van der Waals surface area contributed by atoms with Crippen molar-refractivity contribution in [2.24, 2.45) is 0 Å². The van der Waals surface area contributed by atoms with Gasteiger partial charge in [-0.15, -0.1) is 35.7 Å². The zero-order valence-corrected chi connectivity index (χ0v) is 10.0. The number of hydrogen-bond donors (Lipinski definition) is 1. The average Bonchev–Trinajstić information content (AvgIpc) is 2.59. The molecule has 0 unspecified atom stereocenters. The normalized spacial score (nSPS) is 11.0. The van der Waals surface area contributed by atoms with Gasteiger partial charge in [-0.3, -0.25) is 0 Å². The van der Waals surface area contributed by atoms with Gasteiger partial charge in [0.05, 0.1) is 0 Å². The second-order valence-electron chi connectivity index (χ2n) is 2.88. The molecule has 0 atom stereocenters. The first-order chi connectivity index (χ1) is 6.24. The number of thiophene rings is 1. The molecule has 0 N–H and O–H groups in total. The van der Waals surface area contributed by atoms with Gasteiger partial charge >= 0.3 is 0 Å². The zero-order valence-electron chi connectivity index (χ0n) is 7.50. The van der Waals surface area contributed by atoms with Gasteiger partial charge in [-0.25, -0.2) is 0 Å². The Morgan fingerprint density at radius 1 is 1.46 bits per heavy atom. The second-order valence-corrected chi connectivity index (χ2v) is 5.13. The molecular formula is C10H10S3. The van der Waals surface area contributed by atoms with Crippen molar-refractivity contribution in [1.29, 1.82) is 0 Å². The average molecular weight is 226 g/mol. The van der Waals surface area contributed by atoms with Crippen LogP contribution >= 0.6 is 35.7 Å². The molecule has 0 aliphatic rings. The Morgan fingerprint density at radius 2 is 2.23 bits per heavy atom. The van der Waals surface area contributed by atoms with Crippen LogP contribution in [-0.2, 0) is 0 Å². The maximum atomic E-state index is 4.55. The van der Waals surface area contributed by atoms with Gasteiger partial charge in [0, 0.05) is 19.9 Å². The summed E-state index contributed by atoms with van der Waals surface area (Å²) in [6.45, 7) is 2.13. The third-order valence-electron chi connectivity index (χ3n) is 2.16. The van der Waals surface area contributed by atoms with E-state index >= 15 is 0 Å². The summed E-state index contributed by atoms with van der Waals surface area (Å²) in [6, 6.07) is 4.39. The largest absolute Gasteiger partial charge is 0.144 e. The molecule has 13 heavy (non-hydrogen) atoms. The highest BCUT2D eigenvalue weighted by molar-refractivity contribution is 7.98. The number of benzene rings is 1. The van der Waals surface area contributed by atoms with E-state index in [1.54, 1.807) is 23.1 Å². The second kappa shape index (κ2) is 3.56.